The lowest BCUT2D eigenvalue weighted by molar-refractivity contribution is -0.143. The number of aryl methyl sites for hydroxylation is 1. The van der Waals surface area contributed by atoms with Crippen LogP contribution in [0.4, 0.5) is 13.2 Å². The first-order valence-corrected chi connectivity index (χ1v) is 8.79. The maximum atomic E-state index is 12.2. The number of aliphatic imine (C=N–C) groups is 1. The normalized spacial score (nSPS) is 13.5. The summed E-state index contributed by atoms with van der Waals surface area (Å²) in [4.78, 5) is 8.04. The van der Waals surface area contributed by atoms with Crippen LogP contribution in [0, 0.1) is 6.92 Å². The number of alkyl halides is 3. The molecule has 1 unspecified atom stereocenters. The van der Waals surface area contributed by atoms with Crippen LogP contribution in [0.2, 0.25) is 0 Å². The molecule has 0 amide bonds. The van der Waals surface area contributed by atoms with Gasteiger partial charge in [0.05, 0.1) is 6.54 Å². The Balaban J connectivity index is 0.00000576. The zero-order chi connectivity index (χ0) is 18.2. The van der Waals surface area contributed by atoms with Crippen LogP contribution in [-0.4, -0.2) is 56.8 Å². The van der Waals surface area contributed by atoms with Gasteiger partial charge < -0.3 is 10.6 Å². The summed E-state index contributed by atoms with van der Waals surface area (Å²) >= 11 is 1.78. The van der Waals surface area contributed by atoms with Crippen molar-refractivity contribution in [2.45, 2.75) is 38.9 Å². The summed E-state index contributed by atoms with van der Waals surface area (Å²) in [5.41, 5.74) is 0. The van der Waals surface area contributed by atoms with E-state index in [1.165, 1.54) is 21.7 Å². The van der Waals surface area contributed by atoms with E-state index in [2.05, 4.69) is 41.6 Å². The van der Waals surface area contributed by atoms with E-state index in [9.17, 15) is 13.2 Å². The van der Waals surface area contributed by atoms with Crippen molar-refractivity contribution in [3.05, 3.63) is 21.9 Å². The molecule has 1 aromatic heterocycles. The molecule has 9 heteroatoms. The third kappa shape index (κ3) is 11.6. The minimum absolute atomic E-state index is 0. The summed E-state index contributed by atoms with van der Waals surface area (Å²) in [5.74, 6) is 0.675. The van der Waals surface area contributed by atoms with E-state index in [1.54, 1.807) is 18.4 Å². The number of hydrogen-bond acceptors (Lipinski definition) is 3. The Hall–Kier alpha value is -0.550. The molecule has 25 heavy (non-hydrogen) atoms. The molecule has 2 N–H and O–H groups in total. The van der Waals surface area contributed by atoms with E-state index in [1.807, 2.05) is 0 Å². The average molecular weight is 492 g/mol. The van der Waals surface area contributed by atoms with Gasteiger partial charge in [-0.3, -0.25) is 9.89 Å². The minimum atomic E-state index is -4.14. The topological polar surface area (TPSA) is 39.7 Å². The fourth-order valence-corrected chi connectivity index (χ4v) is 3.34. The number of guanidine groups is 1. The van der Waals surface area contributed by atoms with E-state index >= 15 is 0 Å². The van der Waals surface area contributed by atoms with Gasteiger partial charge in [-0.25, -0.2) is 0 Å². The Bertz CT molecular complexity index is 520. The fraction of sp³-hybridized carbons (Fsp3) is 0.688. The molecule has 1 atom stereocenters. The van der Waals surface area contributed by atoms with Gasteiger partial charge in [-0.15, -0.1) is 35.3 Å². The molecular weight excluding hydrogens is 464 g/mol. The molecule has 0 radical (unpaired) electrons. The Kier molecular flexibility index (Phi) is 11.7. The van der Waals surface area contributed by atoms with E-state index in [0.29, 0.717) is 25.5 Å². The second-order valence-electron chi connectivity index (χ2n) is 5.97. The number of nitrogens with zero attached hydrogens (tertiary/aromatic N) is 2. The molecule has 1 rings (SSSR count). The lowest BCUT2D eigenvalue weighted by Crippen LogP contribution is -2.43. The lowest BCUT2D eigenvalue weighted by atomic mass is 10.2. The maximum Gasteiger partial charge on any atom is 0.401 e. The summed E-state index contributed by atoms with van der Waals surface area (Å²) in [6.07, 6.45) is -2.62. The Morgan fingerprint density at radius 3 is 2.56 bits per heavy atom. The van der Waals surface area contributed by atoms with E-state index in [0.717, 1.165) is 6.42 Å². The van der Waals surface area contributed by atoms with Crippen molar-refractivity contribution in [2.24, 2.45) is 4.99 Å². The van der Waals surface area contributed by atoms with Crippen LogP contribution in [0.5, 0.6) is 0 Å². The van der Waals surface area contributed by atoms with Gasteiger partial charge in [0.25, 0.3) is 0 Å². The van der Waals surface area contributed by atoms with Gasteiger partial charge in [0.2, 0.25) is 0 Å². The quantitative estimate of drug-likeness (QED) is 0.252. The van der Waals surface area contributed by atoms with Crippen molar-refractivity contribution < 1.29 is 13.2 Å². The highest BCUT2D eigenvalue weighted by Gasteiger charge is 2.28. The van der Waals surface area contributed by atoms with Crippen molar-refractivity contribution in [2.75, 3.05) is 33.7 Å². The number of nitrogens with one attached hydrogen (secondary N) is 2. The summed E-state index contributed by atoms with van der Waals surface area (Å²) in [6, 6.07) is 4.46. The zero-order valence-electron chi connectivity index (χ0n) is 15.1. The third-order valence-corrected chi connectivity index (χ3v) is 4.39. The Morgan fingerprint density at radius 1 is 1.36 bits per heavy atom. The summed E-state index contributed by atoms with van der Waals surface area (Å²) in [5, 5.41) is 6.45. The van der Waals surface area contributed by atoms with Gasteiger partial charge in [-0.1, -0.05) is 0 Å². The molecule has 0 aliphatic heterocycles. The fourth-order valence-electron chi connectivity index (χ4n) is 2.32. The molecule has 0 aliphatic carbocycles. The molecule has 1 aromatic rings. The van der Waals surface area contributed by atoms with Crippen LogP contribution in [0.25, 0.3) is 0 Å². The first-order chi connectivity index (χ1) is 11.2. The molecule has 4 nitrogen and oxygen atoms in total. The molecule has 0 saturated heterocycles. The highest BCUT2D eigenvalue weighted by Crippen LogP contribution is 2.17. The molecular formula is C16H28F3IN4S. The van der Waals surface area contributed by atoms with E-state index in [-0.39, 0.29) is 30.0 Å². The van der Waals surface area contributed by atoms with Gasteiger partial charge in [0.15, 0.2) is 5.96 Å². The molecule has 0 saturated carbocycles. The van der Waals surface area contributed by atoms with Gasteiger partial charge in [0.1, 0.15) is 0 Å². The van der Waals surface area contributed by atoms with Crippen molar-refractivity contribution in [3.8, 4) is 0 Å². The predicted octanol–water partition coefficient (Wildman–Crippen LogP) is 3.65. The standard InChI is InChI=1S/C16H27F3N4S.HI/c1-12(10-14-7-6-13(2)24-14)22-15(20-3)21-8-5-9-23(4)11-16(17,18)19;/h6-7,12H,5,8-11H2,1-4H3,(H2,20,21,22);1H. The number of hydrogen-bond donors (Lipinski definition) is 2. The second-order valence-corrected chi connectivity index (χ2v) is 7.34. The maximum absolute atomic E-state index is 12.2. The molecule has 0 aliphatic rings. The molecule has 0 fully saturated rings. The van der Waals surface area contributed by atoms with Gasteiger partial charge in [-0.05, 0) is 46.0 Å². The molecule has 0 bridgehead atoms. The smallest absolute Gasteiger partial charge is 0.356 e. The largest absolute Gasteiger partial charge is 0.401 e. The van der Waals surface area contributed by atoms with Crippen molar-refractivity contribution in [1.29, 1.82) is 0 Å². The van der Waals surface area contributed by atoms with E-state index in [4.69, 9.17) is 0 Å². The number of thiophene rings is 1. The van der Waals surface area contributed by atoms with Gasteiger partial charge in [0, 0.05) is 35.8 Å². The zero-order valence-corrected chi connectivity index (χ0v) is 18.3. The number of halogens is 4. The van der Waals surface area contributed by atoms with Crippen LogP contribution in [0.15, 0.2) is 17.1 Å². The SMILES string of the molecule is CN=C(NCCCN(C)CC(F)(F)F)NC(C)Cc1ccc(C)s1.I. The van der Waals surface area contributed by atoms with Crippen molar-refractivity contribution in [3.63, 3.8) is 0 Å². The molecule has 0 spiro atoms. The molecule has 0 aromatic carbocycles. The van der Waals surface area contributed by atoms with Crippen LogP contribution in [0.3, 0.4) is 0 Å². The average Bonchev–Trinajstić information content (AvgIpc) is 2.85. The first kappa shape index (κ1) is 24.5. The van der Waals surface area contributed by atoms with E-state index < -0.39 is 12.7 Å². The Labute approximate surface area is 169 Å². The summed E-state index contributed by atoms with van der Waals surface area (Å²) in [7, 11) is 3.17. The predicted molar refractivity (Wildman–Crippen MR) is 110 cm³/mol. The monoisotopic (exact) mass is 492 g/mol. The highest BCUT2D eigenvalue weighted by molar-refractivity contribution is 14.0. The van der Waals surface area contributed by atoms with Crippen LogP contribution < -0.4 is 10.6 Å². The van der Waals surface area contributed by atoms with Gasteiger partial charge >= 0.3 is 6.18 Å². The van der Waals surface area contributed by atoms with Crippen LogP contribution >= 0.6 is 35.3 Å². The minimum Gasteiger partial charge on any atom is -0.356 e. The van der Waals surface area contributed by atoms with Crippen molar-refractivity contribution >= 4 is 41.3 Å². The molecule has 146 valence electrons. The third-order valence-electron chi connectivity index (χ3n) is 3.37. The Morgan fingerprint density at radius 2 is 2.04 bits per heavy atom. The first-order valence-electron chi connectivity index (χ1n) is 7.97. The highest BCUT2D eigenvalue weighted by atomic mass is 127. The van der Waals surface area contributed by atoms with Crippen molar-refractivity contribution in [1.82, 2.24) is 15.5 Å². The summed E-state index contributed by atoms with van der Waals surface area (Å²) < 4.78 is 36.7. The summed E-state index contributed by atoms with van der Waals surface area (Å²) in [6.45, 7) is 4.25. The van der Waals surface area contributed by atoms with Crippen LogP contribution in [-0.2, 0) is 6.42 Å². The lowest BCUT2D eigenvalue weighted by Gasteiger charge is -2.20. The number of rotatable bonds is 8. The van der Waals surface area contributed by atoms with Crippen LogP contribution in [0.1, 0.15) is 23.1 Å². The van der Waals surface area contributed by atoms with Gasteiger partial charge in [-0.2, -0.15) is 13.2 Å². The second kappa shape index (κ2) is 11.9. The molecule has 1 heterocycles.